The number of hydrogen-bond donors (Lipinski definition) is 0. The summed E-state index contributed by atoms with van der Waals surface area (Å²) in [4.78, 5) is 0. The van der Waals surface area contributed by atoms with Crippen molar-refractivity contribution in [2.24, 2.45) is 16.2 Å². The summed E-state index contributed by atoms with van der Waals surface area (Å²) in [6, 6.07) is 2.39. The van der Waals surface area contributed by atoms with E-state index in [0.717, 1.165) is 0 Å². The monoisotopic (exact) mass is 167 g/mol. The van der Waals surface area contributed by atoms with E-state index in [1.165, 1.54) is 0 Å². The quantitative estimate of drug-likeness (QED) is 0.585. The van der Waals surface area contributed by atoms with Crippen LogP contribution < -0.4 is 0 Å². The van der Waals surface area contributed by atoms with E-state index in [1.807, 2.05) is 13.8 Å². The van der Waals surface area contributed by atoms with Crippen LogP contribution in [0.15, 0.2) is 0 Å². The Balaban J connectivity index is 5.02. The molecule has 0 saturated heterocycles. The highest BCUT2D eigenvalue weighted by Crippen LogP contribution is 2.50. The molecule has 0 aliphatic heterocycles. The summed E-state index contributed by atoms with van der Waals surface area (Å²) in [5, 5.41) is 9.04. The zero-order valence-electron chi connectivity index (χ0n) is 9.45. The predicted octanol–water partition coefficient (Wildman–Crippen LogP) is 3.61. The fourth-order valence-electron chi connectivity index (χ4n) is 1.08. The van der Waals surface area contributed by atoms with Crippen LogP contribution in [0.25, 0.3) is 0 Å². The van der Waals surface area contributed by atoms with Gasteiger partial charge in [0.1, 0.15) is 0 Å². The highest BCUT2D eigenvalue weighted by molar-refractivity contribution is 5.05. The minimum Gasteiger partial charge on any atom is -0.198 e. The second kappa shape index (κ2) is 2.76. The molecule has 0 fully saturated rings. The Morgan fingerprint density at radius 2 is 1.17 bits per heavy atom. The van der Waals surface area contributed by atoms with Gasteiger partial charge in [-0.3, -0.25) is 0 Å². The van der Waals surface area contributed by atoms with E-state index in [4.69, 9.17) is 5.26 Å². The summed E-state index contributed by atoms with van der Waals surface area (Å²) < 4.78 is 0. The van der Waals surface area contributed by atoms with Gasteiger partial charge in [-0.25, -0.2) is 0 Å². The van der Waals surface area contributed by atoms with Gasteiger partial charge in [0, 0.05) is 0 Å². The largest absolute Gasteiger partial charge is 0.198 e. The summed E-state index contributed by atoms with van der Waals surface area (Å²) >= 11 is 0. The summed E-state index contributed by atoms with van der Waals surface area (Å²) in [5.74, 6) is 0. The summed E-state index contributed by atoms with van der Waals surface area (Å²) in [5.41, 5.74) is -0.0910. The van der Waals surface area contributed by atoms with Gasteiger partial charge in [-0.05, 0) is 24.7 Å². The maximum atomic E-state index is 9.04. The lowest BCUT2D eigenvalue weighted by atomic mass is 9.56. The van der Waals surface area contributed by atoms with Crippen molar-refractivity contribution in [3.05, 3.63) is 0 Å². The minimum absolute atomic E-state index is 0.0226. The van der Waals surface area contributed by atoms with Crippen LogP contribution in [-0.4, -0.2) is 0 Å². The Kier molecular flexibility index (Phi) is 2.65. The summed E-state index contributed by atoms with van der Waals surface area (Å²) in [6.45, 7) is 14.9. The lowest BCUT2D eigenvalue weighted by Gasteiger charge is -2.46. The van der Waals surface area contributed by atoms with Gasteiger partial charge in [-0.2, -0.15) is 5.26 Å². The van der Waals surface area contributed by atoms with E-state index in [-0.39, 0.29) is 16.2 Å². The molecule has 0 rings (SSSR count). The Morgan fingerprint density at radius 1 is 0.833 bits per heavy atom. The average molecular weight is 167 g/mol. The van der Waals surface area contributed by atoms with E-state index in [1.54, 1.807) is 0 Å². The average Bonchev–Trinajstić information content (AvgIpc) is 1.85. The van der Waals surface area contributed by atoms with Gasteiger partial charge >= 0.3 is 0 Å². The molecule has 0 spiro atoms. The van der Waals surface area contributed by atoms with E-state index in [0.29, 0.717) is 0 Å². The van der Waals surface area contributed by atoms with Crippen molar-refractivity contribution < 1.29 is 0 Å². The summed E-state index contributed by atoms with van der Waals surface area (Å²) in [7, 11) is 0. The lowest BCUT2D eigenvalue weighted by Crippen LogP contribution is -2.42. The number of nitriles is 1. The van der Waals surface area contributed by atoms with Gasteiger partial charge < -0.3 is 0 Å². The molecule has 0 aromatic heterocycles. The number of hydrogen-bond acceptors (Lipinski definition) is 1. The van der Waals surface area contributed by atoms with Crippen molar-refractivity contribution >= 4 is 0 Å². The van der Waals surface area contributed by atoms with Crippen molar-refractivity contribution in [1.82, 2.24) is 0 Å². The molecule has 12 heavy (non-hydrogen) atoms. The first-order chi connectivity index (χ1) is 5.06. The molecule has 0 radical (unpaired) electrons. The lowest BCUT2D eigenvalue weighted by molar-refractivity contribution is 0.0305. The molecular weight excluding hydrogens is 146 g/mol. The zero-order chi connectivity index (χ0) is 10.2. The van der Waals surface area contributed by atoms with Crippen LogP contribution in [0.4, 0.5) is 0 Å². The number of rotatable bonds is 1. The smallest absolute Gasteiger partial charge is 0.0689 e. The normalized spacial score (nSPS) is 14.2. The molecule has 0 aliphatic carbocycles. The second-order valence-electron chi connectivity index (χ2n) is 5.61. The fraction of sp³-hybridized carbons (Fsp3) is 0.909. The van der Waals surface area contributed by atoms with Crippen molar-refractivity contribution in [2.75, 3.05) is 0 Å². The van der Waals surface area contributed by atoms with Gasteiger partial charge in [-0.1, -0.05) is 34.6 Å². The molecule has 0 aromatic rings. The van der Waals surface area contributed by atoms with Gasteiger partial charge in [0.2, 0.25) is 0 Å². The standard InChI is InChI=1S/C11H21N/c1-9(2,3)11(6,7)10(4,5)8-12/h1-7H3. The van der Waals surface area contributed by atoms with Gasteiger partial charge in [0.25, 0.3) is 0 Å². The molecule has 0 heterocycles. The third kappa shape index (κ3) is 1.63. The SMILES string of the molecule is CC(C)(C)C(C)(C)C(C)(C)C#N. The first-order valence-corrected chi connectivity index (χ1v) is 4.47. The molecule has 0 N–H and O–H groups in total. The molecule has 0 bridgehead atoms. The fourth-order valence-corrected chi connectivity index (χ4v) is 1.08. The van der Waals surface area contributed by atoms with Gasteiger partial charge in [0.05, 0.1) is 11.5 Å². The van der Waals surface area contributed by atoms with Crippen LogP contribution >= 0.6 is 0 Å². The third-order valence-electron chi connectivity index (χ3n) is 3.72. The van der Waals surface area contributed by atoms with Crippen molar-refractivity contribution in [1.29, 1.82) is 5.26 Å². The molecule has 1 heteroatoms. The molecule has 0 aromatic carbocycles. The second-order valence-corrected chi connectivity index (χ2v) is 5.61. The molecule has 70 valence electrons. The van der Waals surface area contributed by atoms with Crippen LogP contribution in [0.5, 0.6) is 0 Å². The van der Waals surface area contributed by atoms with E-state index >= 15 is 0 Å². The van der Waals surface area contributed by atoms with Gasteiger partial charge in [-0.15, -0.1) is 0 Å². The van der Waals surface area contributed by atoms with Crippen LogP contribution in [0.1, 0.15) is 48.5 Å². The first-order valence-electron chi connectivity index (χ1n) is 4.47. The first kappa shape index (κ1) is 11.5. The molecule has 0 atom stereocenters. The van der Waals surface area contributed by atoms with Crippen LogP contribution in [0, 0.1) is 27.6 Å². The molecule has 0 amide bonds. The Bertz CT molecular complexity index is 198. The topological polar surface area (TPSA) is 23.8 Å². The van der Waals surface area contributed by atoms with Crippen molar-refractivity contribution in [3.8, 4) is 6.07 Å². The van der Waals surface area contributed by atoms with Gasteiger partial charge in [0.15, 0.2) is 0 Å². The Labute approximate surface area is 76.8 Å². The Morgan fingerprint density at radius 3 is 1.25 bits per heavy atom. The highest BCUT2D eigenvalue weighted by Gasteiger charge is 2.45. The maximum Gasteiger partial charge on any atom is 0.0689 e. The number of nitrogens with zero attached hydrogens (tertiary/aromatic N) is 1. The molecular formula is C11H21N. The van der Waals surface area contributed by atoms with Crippen LogP contribution in [0.3, 0.4) is 0 Å². The molecule has 0 aliphatic rings. The van der Waals surface area contributed by atoms with Crippen molar-refractivity contribution in [3.63, 3.8) is 0 Å². The zero-order valence-corrected chi connectivity index (χ0v) is 9.45. The summed E-state index contributed by atoms with van der Waals surface area (Å²) in [6.07, 6.45) is 0. The van der Waals surface area contributed by atoms with E-state index in [2.05, 4.69) is 40.7 Å². The van der Waals surface area contributed by atoms with Crippen LogP contribution in [-0.2, 0) is 0 Å². The Hall–Kier alpha value is -0.510. The van der Waals surface area contributed by atoms with Crippen molar-refractivity contribution in [2.45, 2.75) is 48.5 Å². The predicted molar refractivity (Wildman–Crippen MR) is 52.6 cm³/mol. The molecule has 0 saturated carbocycles. The molecule has 1 nitrogen and oxygen atoms in total. The third-order valence-corrected chi connectivity index (χ3v) is 3.72. The van der Waals surface area contributed by atoms with E-state index < -0.39 is 0 Å². The molecule has 0 unspecified atom stereocenters. The van der Waals surface area contributed by atoms with Crippen LogP contribution in [0.2, 0.25) is 0 Å². The minimum atomic E-state index is -0.273. The van der Waals surface area contributed by atoms with E-state index in [9.17, 15) is 0 Å². The maximum absolute atomic E-state index is 9.04. The highest BCUT2D eigenvalue weighted by atomic mass is 14.5.